The van der Waals surface area contributed by atoms with E-state index in [1.54, 1.807) is 0 Å². The summed E-state index contributed by atoms with van der Waals surface area (Å²) in [6.45, 7) is 2.99. The van der Waals surface area contributed by atoms with Crippen LogP contribution in [-0.2, 0) is 11.3 Å². The minimum atomic E-state index is -0.306. The SMILES string of the molecule is CCc1ccc([C@@]23SCCN2C(=O)c2ccccc23)cc1. The van der Waals surface area contributed by atoms with Gasteiger partial charge in [-0.05, 0) is 23.6 Å². The summed E-state index contributed by atoms with van der Waals surface area (Å²) in [6, 6.07) is 16.8. The van der Waals surface area contributed by atoms with Gasteiger partial charge in [0.15, 0.2) is 0 Å². The third kappa shape index (κ3) is 1.64. The number of thioether (sulfide) groups is 1. The second kappa shape index (κ2) is 4.63. The van der Waals surface area contributed by atoms with Crippen LogP contribution in [0.4, 0.5) is 0 Å². The Morgan fingerprint density at radius 3 is 2.67 bits per heavy atom. The molecule has 0 spiro atoms. The van der Waals surface area contributed by atoms with Crippen LogP contribution in [-0.4, -0.2) is 23.1 Å². The van der Waals surface area contributed by atoms with E-state index in [4.69, 9.17) is 0 Å². The van der Waals surface area contributed by atoms with Crippen molar-refractivity contribution in [3.05, 3.63) is 70.8 Å². The van der Waals surface area contributed by atoms with Gasteiger partial charge in [-0.15, -0.1) is 11.8 Å². The molecule has 1 saturated heterocycles. The van der Waals surface area contributed by atoms with Crippen molar-refractivity contribution < 1.29 is 4.79 Å². The molecule has 2 aromatic rings. The van der Waals surface area contributed by atoms with Gasteiger partial charge >= 0.3 is 0 Å². The van der Waals surface area contributed by atoms with Crippen LogP contribution in [0.15, 0.2) is 48.5 Å². The van der Waals surface area contributed by atoms with Crippen molar-refractivity contribution in [2.45, 2.75) is 18.2 Å². The molecule has 0 N–H and O–H groups in total. The maximum absolute atomic E-state index is 12.7. The highest BCUT2D eigenvalue weighted by Gasteiger charge is 2.54. The van der Waals surface area contributed by atoms with E-state index in [0.717, 1.165) is 29.8 Å². The summed E-state index contributed by atoms with van der Waals surface area (Å²) >= 11 is 1.88. The average Bonchev–Trinajstić information content (AvgIpc) is 3.08. The first-order valence-electron chi connectivity index (χ1n) is 7.42. The normalized spacial score (nSPS) is 23.3. The zero-order valence-electron chi connectivity index (χ0n) is 12.0. The Hall–Kier alpha value is -1.74. The van der Waals surface area contributed by atoms with Crippen LogP contribution >= 0.6 is 11.8 Å². The molecule has 4 rings (SSSR count). The molecule has 106 valence electrons. The predicted molar refractivity (Wildman–Crippen MR) is 86.5 cm³/mol. The van der Waals surface area contributed by atoms with Crippen LogP contribution in [0.2, 0.25) is 0 Å². The van der Waals surface area contributed by atoms with Crippen molar-refractivity contribution in [2.24, 2.45) is 0 Å². The largest absolute Gasteiger partial charge is 0.315 e. The molecule has 2 aliphatic heterocycles. The number of aryl methyl sites for hydroxylation is 1. The van der Waals surface area contributed by atoms with E-state index in [9.17, 15) is 4.79 Å². The highest BCUT2D eigenvalue weighted by Crippen LogP contribution is 2.55. The van der Waals surface area contributed by atoms with Crippen LogP contribution in [0.1, 0.15) is 34.0 Å². The number of fused-ring (bicyclic) bond motifs is 3. The number of hydrogen-bond donors (Lipinski definition) is 0. The number of amides is 1. The maximum Gasteiger partial charge on any atom is 0.255 e. The van der Waals surface area contributed by atoms with Crippen molar-refractivity contribution in [1.29, 1.82) is 0 Å². The van der Waals surface area contributed by atoms with Crippen LogP contribution in [0.5, 0.6) is 0 Å². The molecule has 0 bridgehead atoms. The van der Waals surface area contributed by atoms with Gasteiger partial charge in [0.1, 0.15) is 4.87 Å². The molecule has 2 nitrogen and oxygen atoms in total. The van der Waals surface area contributed by atoms with E-state index in [1.165, 1.54) is 11.1 Å². The molecule has 0 saturated carbocycles. The Bertz CT molecular complexity index is 709. The topological polar surface area (TPSA) is 20.3 Å². The summed E-state index contributed by atoms with van der Waals surface area (Å²) < 4.78 is 0. The smallest absolute Gasteiger partial charge is 0.255 e. The van der Waals surface area contributed by atoms with Gasteiger partial charge in [0.2, 0.25) is 0 Å². The van der Waals surface area contributed by atoms with Crippen molar-refractivity contribution in [1.82, 2.24) is 4.90 Å². The van der Waals surface area contributed by atoms with Crippen LogP contribution in [0, 0.1) is 0 Å². The van der Waals surface area contributed by atoms with E-state index in [-0.39, 0.29) is 10.8 Å². The standard InChI is InChI=1S/C18H17NOS/c1-2-13-7-9-14(10-8-13)18-16-6-4-3-5-15(16)17(20)19(18)11-12-21-18/h3-10H,2,11-12H2,1H3/t18-/m0/s1. The van der Waals surface area contributed by atoms with Crippen molar-refractivity contribution >= 4 is 17.7 Å². The van der Waals surface area contributed by atoms with Gasteiger partial charge in [0, 0.05) is 23.4 Å². The van der Waals surface area contributed by atoms with Gasteiger partial charge in [0.05, 0.1) is 0 Å². The van der Waals surface area contributed by atoms with Crippen molar-refractivity contribution in [2.75, 3.05) is 12.3 Å². The lowest BCUT2D eigenvalue weighted by atomic mass is 9.96. The average molecular weight is 295 g/mol. The minimum Gasteiger partial charge on any atom is -0.315 e. The number of benzene rings is 2. The van der Waals surface area contributed by atoms with Crippen molar-refractivity contribution in [3.63, 3.8) is 0 Å². The summed E-state index contributed by atoms with van der Waals surface area (Å²) in [5, 5.41) is 0. The molecule has 0 aromatic heterocycles. The number of nitrogens with zero attached hydrogens (tertiary/aromatic N) is 1. The fourth-order valence-electron chi connectivity index (χ4n) is 3.46. The number of hydrogen-bond acceptors (Lipinski definition) is 2. The van der Waals surface area contributed by atoms with E-state index in [0.29, 0.717) is 0 Å². The first kappa shape index (κ1) is 13.0. The van der Waals surface area contributed by atoms with Gasteiger partial charge in [0.25, 0.3) is 5.91 Å². The molecule has 0 unspecified atom stereocenters. The number of carbonyl (C=O) groups excluding carboxylic acids is 1. The second-order valence-corrected chi connectivity index (χ2v) is 6.83. The monoisotopic (exact) mass is 295 g/mol. The van der Waals surface area contributed by atoms with E-state index in [2.05, 4.69) is 37.3 Å². The van der Waals surface area contributed by atoms with Gasteiger partial charge in [-0.25, -0.2) is 0 Å². The molecular formula is C18H17NOS. The lowest BCUT2D eigenvalue weighted by Crippen LogP contribution is -2.37. The zero-order valence-corrected chi connectivity index (χ0v) is 12.8. The number of rotatable bonds is 2. The Morgan fingerprint density at radius 2 is 1.90 bits per heavy atom. The summed E-state index contributed by atoms with van der Waals surface area (Å²) in [4.78, 5) is 14.4. The highest BCUT2D eigenvalue weighted by atomic mass is 32.2. The summed E-state index contributed by atoms with van der Waals surface area (Å²) in [5.74, 6) is 1.17. The van der Waals surface area contributed by atoms with Gasteiger partial charge in [-0.3, -0.25) is 4.79 Å². The molecule has 2 aliphatic rings. The molecular weight excluding hydrogens is 278 g/mol. The lowest BCUT2D eigenvalue weighted by molar-refractivity contribution is 0.0752. The third-order valence-corrected chi connectivity index (χ3v) is 6.01. The molecule has 0 aliphatic carbocycles. The van der Waals surface area contributed by atoms with Crippen molar-refractivity contribution in [3.8, 4) is 0 Å². The van der Waals surface area contributed by atoms with E-state index >= 15 is 0 Å². The summed E-state index contributed by atoms with van der Waals surface area (Å²) in [6.07, 6.45) is 1.04. The first-order valence-corrected chi connectivity index (χ1v) is 8.41. The Labute approximate surface area is 129 Å². The lowest BCUT2D eigenvalue weighted by Gasteiger charge is -2.32. The first-order chi connectivity index (χ1) is 10.3. The van der Waals surface area contributed by atoms with Crippen LogP contribution < -0.4 is 0 Å². The van der Waals surface area contributed by atoms with Gasteiger partial charge < -0.3 is 4.90 Å². The fourth-order valence-corrected chi connectivity index (χ4v) is 4.99. The zero-order chi connectivity index (χ0) is 14.4. The second-order valence-electron chi connectivity index (χ2n) is 5.55. The predicted octanol–water partition coefficient (Wildman–Crippen LogP) is 3.65. The molecule has 1 fully saturated rings. The highest BCUT2D eigenvalue weighted by molar-refractivity contribution is 8.00. The molecule has 1 amide bonds. The summed E-state index contributed by atoms with van der Waals surface area (Å²) in [5.41, 5.74) is 4.58. The Morgan fingerprint density at radius 1 is 1.14 bits per heavy atom. The van der Waals surface area contributed by atoms with E-state index in [1.807, 2.05) is 34.9 Å². The Balaban J connectivity index is 1.93. The third-order valence-electron chi connectivity index (χ3n) is 4.53. The Kier molecular flexibility index (Phi) is 2.86. The molecule has 21 heavy (non-hydrogen) atoms. The summed E-state index contributed by atoms with van der Waals surface area (Å²) in [7, 11) is 0. The van der Waals surface area contributed by atoms with E-state index < -0.39 is 0 Å². The van der Waals surface area contributed by atoms with Gasteiger partial charge in [-0.1, -0.05) is 49.4 Å². The molecule has 2 aromatic carbocycles. The fraction of sp³-hybridized carbons (Fsp3) is 0.278. The van der Waals surface area contributed by atoms with Gasteiger partial charge in [-0.2, -0.15) is 0 Å². The molecule has 2 heterocycles. The van der Waals surface area contributed by atoms with Crippen LogP contribution in [0.25, 0.3) is 0 Å². The molecule has 0 radical (unpaired) electrons. The molecule has 3 heteroatoms. The molecule has 1 atom stereocenters. The quantitative estimate of drug-likeness (QED) is 0.843. The maximum atomic E-state index is 12.7. The number of carbonyl (C=O) groups is 1. The minimum absolute atomic E-state index is 0.176. The van der Waals surface area contributed by atoms with Crippen LogP contribution in [0.3, 0.4) is 0 Å².